The second kappa shape index (κ2) is 9.29. The molecule has 1 N–H and O–H groups in total. The lowest BCUT2D eigenvalue weighted by Crippen LogP contribution is -2.42. The number of alkyl halides is 3. The fraction of sp³-hybridized carbons (Fsp3) is 0.458. The Morgan fingerprint density at radius 1 is 1.19 bits per heavy atom. The van der Waals surface area contributed by atoms with Crippen molar-refractivity contribution in [3.05, 3.63) is 65.0 Å². The Morgan fingerprint density at radius 3 is 2.34 bits per heavy atom. The Kier molecular flexibility index (Phi) is 6.89. The number of amides is 1. The summed E-state index contributed by atoms with van der Waals surface area (Å²) in [5.41, 5.74) is -1.62. The number of halogens is 3. The van der Waals surface area contributed by atoms with Crippen LogP contribution in [-0.2, 0) is 5.60 Å². The summed E-state index contributed by atoms with van der Waals surface area (Å²) in [4.78, 5) is 19.0. The third-order valence-electron chi connectivity index (χ3n) is 6.37. The number of rotatable bonds is 5. The highest BCUT2D eigenvalue weighted by atomic mass is 19.4. The lowest BCUT2D eigenvalue weighted by atomic mass is 9.80. The normalized spacial score (nSPS) is 20.8. The van der Waals surface area contributed by atoms with Crippen LogP contribution in [0.4, 0.5) is 13.2 Å². The minimum Gasteiger partial charge on any atom is -0.376 e. The van der Waals surface area contributed by atoms with Gasteiger partial charge in [-0.05, 0) is 74.8 Å². The molecule has 32 heavy (non-hydrogen) atoms. The molecule has 0 aliphatic heterocycles. The maximum Gasteiger partial charge on any atom is 0.421 e. The number of benzene rings is 1. The van der Waals surface area contributed by atoms with Crippen molar-refractivity contribution in [2.75, 3.05) is 6.54 Å². The molecule has 0 unspecified atom stereocenters. The number of nitrogens with zero attached hydrogens (tertiary/aromatic N) is 3. The van der Waals surface area contributed by atoms with Crippen molar-refractivity contribution < 1.29 is 23.1 Å². The van der Waals surface area contributed by atoms with E-state index < -0.39 is 11.8 Å². The molecule has 1 saturated carbocycles. The second-order valence-electron chi connectivity index (χ2n) is 8.30. The molecule has 170 valence electrons. The minimum atomic E-state index is -4.81. The van der Waals surface area contributed by atoms with Crippen LogP contribution in [0.25, 0.3) is 0 Å². The molecule has 1 aliphatic carbocycles. The maximum absolute atomic E-state index is 13.1. The Labute approximate surface area is 185 Å². The number of aromatic nitrogens is 1. The molecule has 0 spiro atoms. The van der Waals surface area contributed by atoms with Gasteiger partial charge in [0.1, 0.15) is 11.8 Å². The third kappa shape index (κ3) is 4.63. The first-order chi connectivity index (χ1) is 15.1. The number of carbonyl (C=O) groups excluding carboxylic acids is 1. The van der Waals surface area contributed by atoms with Crippen LogP contribution >= 0.6 is 0 Å². The lowest BCUT2D eigenvalue weighted by molar-refractivity contribution is -0.258. The zero-order valence-electron chi connectivity index (χ0n) is 18.1. The summed E-state index contributed by atoms with van der Waals surface area (Å²) in [7, 11) is 0. The molecular formula is C24H26F3N3O2. The monoisotopic (exact) mass is 445 g/mol. The van der Waals surface area contributed by atoms with E-state index in [9.17, 15) is 28.3 Å². The van der Waals surface area contributed by atoms with Crippen molar-refractivity contribution in [2.24, 2.45) is 0 Å². The number of hydrogen-bond donors (Lipinski definition) is 1. The van der Waals surface area contributed by atoms with E-state index in [-0.39, 0.29) is 29.0 Å². The predicted octanol–water partition coefficient (Wildman–Crippen LogP) is 4.91. The highest BCUT2D eigenvalue weighted by molar-refractivity contribution is 5.94. The molecule has 0 bridgehead atoms. The van der Waals surface area contributed by atoms with Gasteiger partial charge in [-0.1, -0.05) is 18.2 Å². The third-order valence-corrected chi connectivity index (χ3v) is 6.37. The number of carbonyl (C=O) groups is 1. The van der Waals surface area contributed by atoms with E-state index in [1.54, 1.807) is 11.1 Å². The average molecular weight is 445 g/mol. The molecule has 1 fully saturated rings. The van der Waals surface area contributed by atoms with Gasteiger partial charge >= 0.3 is 6.18 Å². The fourth-order valence-corrected chi connectivity index (χ4v) is 4.37. The van der Waals surface area contributed by atoms with E-state index >= 15 is 0 Å². The minimum absolute atomic E-state index is 0.0175. The van der Waals surface area contributed by atoms with Crippen molar-refractivity contribution in [3.63, 3.8) is 0 Å². The number of nitriles is 1. The van der Waals surface area contributed by atoms with E-state index in [2.05, 4.69) is 11.1 Å². The molecule has 0 saturated heterocycles. The van der Waals surface area contributed by atoms with Crippen molar-refractivity contribution >= 4 is 5.91 Å². The zero-order chi connectivity index (χ0) is 23.5. The molecular weight excluding hydrogens is 419 g/mol. The van der Waals surface area contributed by atoms with E-state index in [4.69, 9.17) is 0 Å². The van der Waals surface area contributed by atoms with Crippen LogP contribution in [-0.4, -0.2) is 39.7 Å². The molecule has 1 aromatic heterocycles. The average Bonchev–Trinajstić information content (AvgIpc) is 2.79. The quantitative estimate of drug-likeness (QED) is 0.709. The summed E-state index contributed by atoms with van der Waals surface area (Å²) in [5.74, 6) is -0.0273. The summed E-state index contributed by atoms with van der Waals surface area (Å²) in [6.45, 7) is 3.05. The number of hydrogen-bond acceptors (Lipinski definition) is 4. The van der Waals surface area contributed by atoms with Gasteiger partial charge in [-0.15, -0.1) is 0 Å². The smallest absolute Gasteiger partial charge is 0.376 e. The summed E-state index contributed by atoms with van der Waals surface area (Å²) in [6.07, 6.45) is -0.0308. The summed E-state index contributed by atoms with van der Waals surface area (Å²) in [5, 5.41) is 19.1. The van der Waals surface area contributed by atoms with Gasteiger partial charge in [0.2, 0.25) is 0 Å². The highest BCUT2D eigenvalue weighted by Gasteiger charge is 2.51. The van der Waals surface area contributed by atoms with Crippen molar-refractivity contribution in [3.8, 4) is 6.07 Å². The summed E-state index contributed by atoms with van der Waals surface area (Å²) < 4.78 is 39.2. The molecule has 0 radical (unpaired) electrons. The molecule has 1 aromatic carbocycles. The zero-order valence-corrected chi connectivity index (χ0v) is 18.1. The first kappa shape index (κ1) is 23.7. The van der Waals surface area contributed by atoms with Crippen LogP contribution < -0.4 is 0 Å². The van der Waals surface area contributed by atoms with Gasteiger partial charge in [-0.2, -0.15) is 18.4 Å². The first-order valence-corrected chi connectivity index (χ1v) is 10.7. The molecule has 5 nitrogen and oxygen atoms in total. The van der Waals surface area contributed by atoms with Gasteiger partial charge in [0.05, 0.1) is 0 Å². The lowest BCUT2D eigenvalue weighted by Gasteiger charge is -2.37. The molecule has 1 aliphatic rings. The Hall–Kier alpha value is -2.92. The molecule has 3 rings (SSSR count). The van der Waals surface area contributed by atoms with Gasteiger partial charge in [0.15, 0.2) is 5.60 Å². The molecule has 1 atom stereocenters. The standard InChI is InChI=1S/C24H26F3N3O2/c1-3-30(19-12-8-16(9-13-19)20-5-4-14-29-21(20)15-28)22(31)17-6-10-18(11-7-17)23(2,32)24(25,26)27/h4-7,10-11,14,16,19,32H,3,8-9,12-13H2,1-2H3/t16-,19-,23-/m0/s1. The van der Waals surface area contributed by atoms with Crippen molar-refractivity contribution in [1.82, 2.24) is 9.88 Å². The van der Waals surface area contributed by atoms with Crippen molar-refractivity contribution in [2.45, 2.75) is 63.3 Å². The first-order valence-electron chi connectivity index (χ1n) is 10.7. The van der Waals surface area contributed by atoms with E-state index in [0.717, 1.165) is 43.4 Å². The Morgan fingerprint density at radius 2 is 1.81 bits per heavy atom. The highest BCUT2D eigenvalue weighted by Crippen LogP contribution is 2.39. The SMILES string of the molecule is CCN(C(=O)c1ccc([C@](C)(O)C(F)(F)F)cc1)[C@H]1CC[C@H](c2cccnc2C#N)CC1. The maximum atomic E-state index is 13.1. The van der Waals surface area contributed by atoms with Crippen molar-refractivity contribution in [1.29, 1.82) is 5.26 Å². The molecule has 2 aromatic rings. The van der Waals surface area contributed by atoms with Gasteiger partial charge in [0, 0.05) is 24.3 Å². The van der Waals surface area contributed by atoms with Gasteiger partial charge in [-0.25, -0.2) is 4.98 Å². The van der Waals surface area contributed by atoms with E-state index in [1.807, 2.05) is 19.1 Å². The predicted molar refractivity (Wildman–Crippen MR) is 113 cm³/mol. The van der Waals surface area contributed by atoms with Crippen LogP contribution in [0.2, 0.25) is 0 Å². The topological polar surface area (TPSA) is 77.2 Å². The van der Waals surface area contributed by atoms with Gasteiger partial charge in [-0.3, -0.25) is 4.79 Å². The van der Waals surface area contributed by atoms with E-state index in [1.165, 1.54) is 12.1 Å². The molecule has 8 heteroatoms. The van der Waals surface area contributed by atoms with Crippen LogP contribution in [0.15, 0.2) is 42.6 Å². The summed E-state index contributed by atoms with van der Waals surface area (Å²) in [6, 6.07) is 10.9. The summed E-state index contributed by atoms with van der Waals surface area (Å²) >= 11 is 0. The number of pyridine rings is 1. The Bertz CT molecular complexity index is 989. The van der Waals surface area contributed by atoms with Gasteiger partial charge < -0.3 is 10.0 Å². The van der Waals surface area contributed by atoms with Gasteiger partial charge in [0.25, 0.3) is 5.91 Å². The van der Waals surface area contributed by atoms with Crippen LogP contribution in [0, 0.1) is 11.3 Å². The van der Waals surface area contributed by atoms with Crippen LogP contribution in [0.5, 0.6) is 0 Å². The van der Waals surface area contributed by atoms with Crippen LogP contribution in [0.3, 0.4) is 0 Å². The van der Waals surface area contributed by atoms with E-state index in [0.29, 0.717) is 19.2 Å². The second-order valence-corrected chi connectivity index (χ2v) is 8.30. The fourth-order valence-electron chi connectivity index (χ4n) is 4.37. The Balaban J connectivity index is 1.70. The largest absolute Gasteiger partial charge is 0.421 e. The molecule has 1 amide bonds. The van der Waals surface area contributed by atoms with Crippen LogP contribution in [0.1, 0.15) is 72.6 Å². The molecule has 1 heterocycles. The number of aliphatic hydroxyl groups is 1.